The highest BCUT2D eigenvalue weighted by Gasteiger charge is 2.31. The number of hydrogen-bond donors (Lipinski definition) is 1. The first-order valence-corrected chi connectivity index (χ1v) is 7.45. The largest absolute Gasteiger partial charge is 0.476 e. The van der Waals surface area contributed by atoms with Crippen molar-refractivity contribution < 1.29 is 19.4 Å². The number of carboxylic acid groups (broad SMARTS) is 1. The molecule has 0 aromatic carbocycles. The van der Waals surface area contributed by atoms with Crippen molar-refractivity contribution >= 4 is 17.9 Å². The summed E-state index contributed by atoms with van der Waals surface area (Å²) in [6, 6.07) is 3.08. The standard InChI is InChI=1S/C15H22N4O4/c1-15(2,3)23-14(22)18(4)10-7-8-19(9-10)12-6-5-11(13(20)21)16-17-12/h5-6,10H,7-9H2,1-4H3,(H,20,21). The third-order valence-corrected chi connectivity index (χ3v) is 3.59. The first-order valence-electron chi connectivity index (χ1n) is 7.45. The van der Waals surface area contributed by atoms with Gasteiger partial charge >= 0.3 is 12.1 Å². The van der Waals surface area contributed by atoms with Crippen LogP contribution in [0.3, 0.4) is 0 Å². The van der Waals surface area contributed by atoms with Crippen LogP contribution in [0.15, 0.2) is 12.1 Å². The van der Waals surface area contributed by atoms with Gasteiger partial charge in [0.2, 0.25) is 0 Å². The van der Waals surface area contributed by atoms with Crippen LogP contribution in [-0.4, -0.2) is 64.0 Å². The Bertz CT molecular complexity index is 582. The second-order valence-electron chi connectivity index (χ2n) is 6.56. The topological polar surface area (TPSA) is 95.9 Å². The van der Waals surface area contributed by atoms with Crippen LogP contribution >= 0.6 is 0 Å². The van der Waals surface area contributed by atoms with Crippen LogP contribution < -0.4 is 4.90 Å². The van der Waals surface area contributed by atoms with E-state index in [-0.39, 0.29) is 17.8 Å². The number of aromatic nitrogens is 2. The summed E-state index contributed by atoms with van der Waals surface area (Å²) in [4.78, 5) is 26.5. The fraction of sp³-hybridized carbons (Fsp3) is 0.600. The predicted octanol–water partition coefficient (Wildman–Crippen LogP) is 1.62. The maximum Gasteiger partial charge on any atom is 0.410 e. The molecule has 0 spiro atoms. The lowest BCUT2D eigenvalue weighted by Gasteiger charge is -2.28. The van der Waals surface area contributed by atoms with Crippen LogP contribution in [0, 0.1) is 0 Å². The van der Waals surface area contributed by atoms with Gasteiger partial charge in [0.25, 0.3) is 0 Å². The van der Waals surface area contributed by atoms with E-state index >= 15 is 0 Å². The molecule has 0 bridgehead atoms. The van der Waals surface area contributed by atoms with Crippen molar-refractivity contribution in [2.24, 2.45) is 0 Å². The summed E-state index contributed by atoms with van der Waals surface area (Å²) in [6.45, 7) is 6.83. The third kappa shape index (κ3) is 4.30. The highest BCUT2D eigenvalue weighted by atomic mass is 16.6. The number of carbonyl (C=O) groups is 2. The first kappa shape index (κ1) is 17.0. The Labute approximate surface area is 135 Å². The van der Waals surface area contributed by atoms with Crippen molar-refractivity contribution in [1.29, 1.82) is 0 Å². The number of nitrogens with zero attached hydrogens (tertiary/aromatic N) is 4. The number of likely N-dealkylation sites (N-methyl/N-ethyl adjacent to an activating group) is 1. The Morgan fingerprint density at radius 3 is 2.57 bits per heavy atom. The molecular formula is C15H22N4O4. The Balaban J connectivity index is 1.97. The van der Waals surface area contributed by atoms with Gasteiger partial charge in [-0.25, -0.2) is 9.59 Å². The SMILES string of the molecule is CN(C(=O)OC(C)(C)C)C1CCN(c2ccc(C(=O)O)nn2)C1. The zero-order valence-electron chi connectivity index (χ0n) is 13.8. The lowest BCUT2D eigenvalue weighted by Crippen LogP contribution is -2.42. The molecule has 1 fully saturated rings. The second-order valence-corrected chi connectivity index (χ2v) is 6.56. The van der Waals surface area contributed by atoms with Crippen molar-refractivity contribution in [3.05, 3.63) is 17.8 Å². The summed E-state index contributed by atoms with van der Waals surface area (Å²) in [6.07, 6.45) is 0.439. The number of rotatable bonds is 3. The number of hydrogen-bond acceptors (Lipinski definition) is 6. The lowest BCUT2D eigenvalue weighted by molar-refractivity contribution is 0.0237. The molecule has 1 aromatic heterocycles. The van der Waals surface area contributed by atoms with Crippen LogP contribution in [0.25, 0.3) is 0 Å². The van der Waals surface area contributed by atoms with E-state index in [0.29, 0.717) is 12.4 Å². The van der Waals surface area contributed by atoms with E-state index in [0.717, 1.165) is 13.0 Å². The van der Waals surface area contributed by atoms with E-state index in [2.05, 4.69) is 10.2 Å². The molecular weight excluding hydrogens is 300 g/mol. The van der Waals surface area contributed by atoms with Crippen molar-refractivity contribution in [2.75, 3.05) is 25.0 Å². The number of anilines is 1. The van der Waals surface area contributed by atoms with Crippen molar-refractivity contribution in [3.8, 4) is 0 Å². The summed E-state index contributed by atoms with van der Waals surface area (Å²) in [7, 11) is 1.72. The highest BCUT2D eigenvalue weighted by molar-refractivity contribution is 5.85. The van der Waals surface area contributed by atoms with Gasteiger partial charge < -0.3 is 19.6 Å². The molecule has 1 N–H and O–H groups in total. The Kier molecular flexibility index (Phi) is 4.72. The van der Waals surface area contributed by atoms with Gasteiger partial charge in [-0.2, -0.15) is 0 Å². The lowest BCUT2D eigenvalue weighted by atomic mass is 10.2. The predicted molar refractivity (Wildman–Crippen MR) is 83.6 cm³/mol. The molecule has 1 aromatic rings. The van der Waals surface area contributed by atoms with Crippen LogP contribution in [0.2, 0.25) is 0 Å². The number of aromatic carboxylic acids is 1. The van der Waals surface area contributed by atoms with Crippen molar-refractivity contribution in [2.45, 2.75) is 38.8 Å². The van der Waals surface area contributed by atoms with Crippen LogP contribution in [0.5, 0.6) is 0 Å². The van der Waals surface area contributed by atoms with Crippen LogP contribution in [0.1, 0.15) is 37.7 Å². The minimum absolute atomic E-state index is 0.0193. The summed E-state index contributed by atoms with van der Waals surface area (Å²) in [5.74, 6) is -0.497. The third-order valence-electron chi connectivity index (χ3n) is 3.59. The first-order chi connectivity index (χ1) is 10.7. The minimum atomic E-state index is -1.10. The van der Waals surface area contributed by atoms with Crippen LogP contribution in [0.4, 0.5) is 10.6 Å². The molecule has 2 heterocycles. The molecule has 1 aliphatic rings. The molecule has 0 aliphatic carbocycles. The van der Waals surface area contributed by atoms with E-state index in [1.807, 2.05) is 25.7 Å². The van der Waals surface area contributed by atoms with Gasteiger partial charge in [0.1, 0.15) is 5.60 Å². The molecule has 126 valence electrons. The summed E-state index contributed by atoms with van der Waals surface area (Å²) in [5, 5.41) is 16.5. The molecule has 2 rings (SSSR count). The van der Waals surface area contributed by atoms with Gasteiger partial charge in [-0.15, -0.1) is 10.2 Å². The summed E-state index contributed by atoms with van der Waals surface area (Å²) < 4.78 is 5.37. The minimum Gasteiger partial charge on any atom is -0.476 e. The zero-order valence-corrected chi connectivity index (χ0v) is 13.8. The van der Waals surface area contributed by atoms with Crippen molar-refractivity contribution in [1.82, 2.24) is 15.1 Å². The maximum absolute atomic E-state index is 12.1. The fourth-order valence-electron chi connectivity index (χ4n) is 2.36. The second kappa shape index (κ2) is 6.39. The van der Waals surface area contributed by atoms with Crippen LogP contribution in [-0.2, 0) is 4.74 Å². The van der Waals surface area contributed by atoms with Gasteiger partial charge in [-0.1, -0.05) is 0 Å². The fourth-order valence-corrected chi connectivity index (χ4v) is 2.36. The molecule has 8 nitrogen and oxygen atoms in total. The molecule has 0 saturated carbocycles. The molecule has 23 heavy (non-hydrogen) atoms. The monoisotopic (exact) mass is 322 g/mol. The normalized spacial score (nSPS) is 17.9. The smallest absolute Gasteiger partial charge is 0.410 e. The van der Waals surface area contributed by atoms with E-state index in [4.69, 9.17) is 9.84 Å². The average molecular weight is 322 g/mol. The van der Waals surface area contributed by atoms with Gasteiger partial charge in [-0.05, 0) is 39.3 Å². The molecule has 0 radical (unpaired) electrons. The van der Waals surface area contributed by atoms with Gasteiger partial charge in [-0.3, -0.25) is 0 Å². The summed E-state index contributed by atoms with van der Waals surface area (Å²) in [5.41, 5.74) is -0.614. The van der Waals surface area contributed by atoms with Crippen molar-refractivity contribution in [3.63, 3.8) is 0 Å². The quantitative estimate of drug-likeness (QED) is 0.903. The highest BCUT2D eigenvalue weighted by Crippen LogP contribution is 2.21. The van der Waals surface area contributed by atoms with E-state index < -0.39 is 11.6 Å². The summed E-state index contributed by atoms with van der Waals surface area (Å²) >= 11 is 0. The molecule has 1 amide bonds. The van der Waals surface area contributed by atoms with Gasteiger partial charge in [0.15, 0.2) is 11.5 Å². The molecule has 8 heteroatoms. The number of ether oxygens (including phenoxy) is 1. The molecule has 1 unspecified atom stereocenters. The Hall–Kier alpha value is -2.38. The average Bonchev–Trinajstić information content (AvgIpc) is 2.94. The maximum atomic E-state index is 12.1. The molecule has 1 saturated heterocycles. The number of carboxylic acids is 1. The zero-order chi connectivity index (χ0) is 17.2. The van der Waals surface area contributed by atoms with Gasteiger partial charge in [0.05, 0.1) is 6.04 Å². The number of amides is 1. The molecule has 1 atom stereocenters. The Morgan fingerprint density at radius 1 is 1.35 bits per heavy atom. The number of carbonyl (C=O) groups excluding carboxylic acids is 1. The molecule has 1 aliphatic heterocycles. The Morgan fingerprint density at radius 2 is 2.04 bits per heavy atom. The van der Waals surface area contributed by atoms with E-state index in [1.54, 1.807) is 18.0 Å². The van der Waals surface area contributed by atoms with E-state index in [9.17, 15) is 9.59 Å². The van der Waals surface area contributed by atoms with Gasteiger partial charge in [0, 0.05) is 20.1 Å². The van der Waals surface area contributed by atoms with E-state index in [1.165, 1.54) is 6.07 Å².